The minimum Gasteiger partial charge on any atom is -0.370 e. The van der Waals surface area contributed by atoms with E-state index in [4.69, 9.17) is 17.3 Å². The third-order valence-corrected chi connectivity index (χ3v) is 2.87. The molecular formula is C11H17Cl3N2. The van der Waals surface area contributed by atoms with Gasteiger partial charge in [-0.2, -0.15) is 0 Å². The molecule has 2 N–H and O–H groups in total. The minimum atomic E-state index is 0. The van der Waals surface area contributed by atoms with Crippen molar-refractivity contribution in [3.63, 3.8) is 0 Å². The van der Waals surface area contributed by atoms with E-state index in [0.717, 1.165) is 24.5 Å². The summed E-state index contributed by atoms with van der Waals surface area (Å²) >= 11 is 5.94. The highest BCUT2D eigenvalue weighted by Gasteiger charge is 2.16. The first-order chi connectivity index (χ1) is 6.75. The second-order valence-corrected chi connectivity index (χ2v) is 4.26. The molecule has 92 valence electrons. The fourth-order valence-corrected chi connectivity index (χ4v) is 2.10. The molecule has 1 fully saturated rings. The largest absolute Gasteiger partial charge is 0.370 e. The average Bonchev–Trinajstić information content (AvgIpc) is 2.18. The summed E-state index contributed by atoms with van der Waals surface area (Å²) in [7, 11) is 0. The number of nitrogens with zero attached hydrogens (tertiary/aromatic N) is 1. The molecule has 0 radical (unpaired) electrons. The van der Waals surface area contributed by atoms with E-state index in [2.05, 4.69) is 11.0 Å². The fraction of sp³-hybridized carbons (Fsp3) is 0.455. The number of anilines is 1. The van der Waals surface area contributed by atoms with Crippen molar-refractivity contribution in [1.29, 1.82) is 0 Å². The van der Waals surface area contributed by atoms with Crippen molar-refractivity contribution in [2.24, 2.45) is 5.73 Å². The molecule has 1 aliphatic heterocycles. The van der Waals surface area contributed by atoms with E-state index in [1.807, 2.05) is 18.2 Å². The molecular weight excluding hydrogens is 266 g/mol. The van der Waals surface area contributed by atoms with Gasteiger partial charge in [0.25, 0.3) is 0 Å². The Kier molecular flexibility index (Phi) is 7.16. The number of rotatable bonds is 1. The van der Waals surface area contributed by atoms with Crippen LogP contribution in [0.15, 0.2) is 24.3 Å². The van der Waals surface area contributed by atoms with Gasteiger partial charge in [0.15, 0.2) is 0 Å². The first-order valence-electron chi connectivity index (χ1n) is 5.02. The summed E-state index contributed by atoms with van der Waals surface area (Å²) in [6, 6.07) is 8.28. The summed E-state index contributed by atoms with van der Waals surface area (Å²) in [5.74, 6) is 0. The van der Waals surface area contributed by atoms with Crippen LogP contribution in [0.1, 0.15) is 12.8 Å². The van der Waals surface area contributed by atoms with Crippen LogP contribution in [0.2, 0.25) is 5.02 Å². The Morgan fingerprint density at radius 2 is 2.06 bits per heavy atom. The number of hydrogen-bond acceptors (Lipinski definition) is 2. The van der Waals surface area contributed by atoms with Gasteiger partial charge in [-0.3, -0.25) is 0 Å². The highest BCUT2D eigenvalue weighted by Crippen LogP contribution is 2.22. The minimum absolute atomic E-state index is 0. The fourth-order valence-electron chi connectivity index (χ4n) is 1.92. The molecule has 0 amide bonds. The van der Waals surface area contributed by atoms with E-state index >= 15 is 0 Å². The SMILES string of the molecule is Cl.Cl.NC1CCCN(c2cccc(Cl)c2)C1. The second kappa shape index (κ2) is 7.23. The van der Waals surface area contributed by atoms with Crippen LogP contribution in [0.4, 0.5) is 5.69 Å². The van der Waals surface area contributed by atoms with Crippen LogP contribution in [0.5, 0.6) is 0 Å². The van der Waals surface area contributed by atoms with Crippen molar-refractivity contribution in [3.05, 3.63) is 29.3 Å². The zero-order valence-corrected chi connectivity index (χ0v) is 11.3. The smallest absolute Gasteiger partial charge is 0.0426 e. The molecule has 1 saturated heterocycles. The third kappa shape index (κ3) is 4.02. The number of halogens is 3. The second-order valence-electron chi connectivity index (χ2n) is 3.83. The Morgan fingerprint density at radius 1 is 1.31 bits per heavy atom. The first kappa shape index (κ1) is 15.9. The van der Waals surface area contributed by atoms with E-state index in [9.17, 15) is 0 Å². The van der Waals surface area contributed by atoms with Gasteiger partial charge in [-0.1, -0.05) is 17.7 Å². The van der Waals surface area contributed by atoms with Crippen LogP contribution in [-0.4, -0.2) is 19.1 Å². The molecule has 0 bridgehead atoms. The van der Waals surface area contributed by atoms with Crippen LogP contribution >= 0.6 is 36.4 Å². The topological polar surface area (TPSA) is 29.3 Å². The van der Waals surface area contributed by atoms with Crippen molar-refractivity contribution < 1.29 is 0 Å². The number of hydrogen-bond donors (Lipinski definition) is 1. The predicted molar refractivity (Wildman–Crippen MR) is 75.4 cm³/mol. The molecule has 0 saturated carbocycles. The van der Waals surface area contributed by atoms with Gasteiger partial charge in [-0.15, -0.1) is 24.8 Å². The van der Waals surface area contributed by atoms with E-state index in [0.29, 0.717) is 6.04 Å². The number of benzene rings is 1. The zero-order chi connectivity index (χ0) is 9.97. The highest BCUT2D eigenvalue weighted by molar-refractivity contribution is 6.30. The summed E-state index contributed by atoms with van der Waals surface area (Å²) in [6.07, 6.45) is 2.31. The molecule has 1 aromatic carbocycles. The molecule has 2 nitrogen and oxygen atoms in total. The van der Waals surface area contributed by atoms with Gasteiger partial charge < -0.3 is 10.6 Å². The van der Waals surface area contributed by atoms with Gasteiger partial charge in [0.1, 0.15) is 0 Å². The molecule has 0 aromatic heterocycles. The van der Waals surface area contributed by atoms with E-state index < -0.39 is 0 Å². The van der Waals surface area contributed by atoms with Crippen LogP contribution in [0, 0.1) is 0 Å². The van der Waals surface area contributed by atoms with Crippen molar-refractivity contribution in [2.45, 2.75) is 18.9 Å². The van der Waals surface area contributed by atoms with Crippen LogP contribution in [0.25, 0.3) is 0 Å². The third-order valence-electron chi connectivity index (χ3n) is 2.63. The molecule has 1 aromatic rings. The summed E-state index contributed by atoms with van der Waals surface area (Å²) in [5.41, 5.74) is 7.11. The summed E-state index contributed by atoms with van der Waals surface area (Å²) in [4.78, 5) is 2.31. The van der Waals surface area contributed by atoms with E-state index in [-0.39, 0.29) is 24.8 Å². The average molecular weight is 284 g/mol. The summed E-state index contributed by atoms with van der Waals surface area (Å²) in [6.45, 7) is 2.04. The standard InChI is InChI=1S/C11H15ClN2.2ClH/c12-9-3-1-5-11(7-9)14-6-2-4-10(13)8-14;;/h1,3,5,7,10H,2,4,6,8,13H2;2*1H. The maximum atomic E-state index is 5.94. The Morgan fingerprint density at radius 3 is 2.69 bits per heavy atom. The Balaban J connectivity index is 0.00000112. The predicted octanol–water partition coefficient (Wildman–Crippen LogP) is 3.11. The number of nitrogens with two attached hydrogens (primary N) is 1. The number of piperidine rings is 1. The molecule has 1 unspecified atom stereocenters. The molecule has 0 spiro atoms. The van der Waals surface area contributed by atoms with Crippen molar-refractivity contribution in [3.8, 4) is 0 Å². The van der Waals surface area contributed by atoms with Gasteiger partial charge in [0, 0.05) is 29.8 Å². The molecule has 16 heavy (non-hydrogen) atoms. The van der Waals surface area contributed by atoms with Gasteiger partial charge in [-0.25, -0.2) is 0 Å². The van der Waals surface area contributed by atoms with E-state index in [1.165, 1.54) is 12.1 Å². The van der Waals surface area contributed by atoms with Gasteiger partial charge >= 0.3 is 0 Å². The monoisotopic (exact) mass is 282 g/mol. The van der Waals surface area contributed by atoms with Crippen molar-refractivity contribution in [1.82, 2.24) is 0 Å². The lowest BCUT2D eigenvalue weighted by Crippen LogP contribution is -2.42. The summed E-state index contributed by atoms with van der Waals surface area (Å²) < 4.78 is 0. The van der Waals surface area contributed by atoms with Crippen LogP contribution < -0.4 is 10.6 Å². The molecule has 1 aliphatic rings. The maximum Gasteiger partial charge on any atom is 0.0426 e. The molecule has 0 aliphatic carbocycles. The van der Waals surface area contributed by atoms with Crippen molar-refractivity contribution >= 4 is 42.1 Å². The normalized spacial score (nSPS) is 19.6. The van der Waals surface area contributed by atoms with Gasteiger partial charge in [0.05, 0.1) is 0 Å². The Bertz CT molecular complexity index is 320. The zero-order valence-electron chi connectivity index (χ0n) is 8.93. The van der Waals surface area contributed by atoms with Crippen LogP contribution in [-0.2, 0) is 0 Å². The van der Waals surface area contributed by atoms with E-state index in [1.54, 1.807) is 0 Å². The Hall–Kier alpha value is -0.150. The quantitative estimate of drug-likeness (QED) is 0.858. The van der Waals surface area contributed by atoms with Gasteiger partial charge in [0.2, 0.25) is 0 Å². The lowest BCUT2D eigenvalue weighted by Gasteiger charge is -2.32. The lowest BCUT2D eigenvalue weighted by molar-refractivity contribution is 0.506. The molecule has 1 atom stereocenters. The highest BCUT2D eigenvalue weighted by atomic mass is 35.5. The molecule has 5 heteroatoms. The maximum absolute atomic E-state index is 5.94. The van der Waals surface area contributed by atoms with Crippen LogP contribution in [0.3, 0.4) is 0 Å². The van der Waals surface area contributed by atoms with Crippen molar-refractivity contribution in [2.75, 3.05) is 18.0 Å². The van der Waals surface area contributed by atoms with Gasteiger partial charge in [-0.05, 0) is 31.0 Å². The first-order valence-corrected chi connectivity index (χ1v) is 5.39. The lowest BCUT2D eigenvalue weighted by atomic mass is 10.1. The Labute approximate surface area is 114 Å². The molecule has 1 heterocycles. The molecule has 2 rings (SSSR count). The summed E-state index contributed by atoms with van der Waals surface area (Å²) in [5, 5.41) is 0.793.